The van der Waals surface area contributed by atoms with Crippen molar-refractivity contribution in [1.29, 1.82) is 0 Å². The maximum atomic E-state index is 10.8. The van der Waals surface area contributed by atoms with E-state index < -0.39 is 9.85 Å². The SMILES string of the molecule is CC(C)Cc1ccc([N+](=O)[O-])cc1[N+](=O)[O-]. The van der Waals surface area contributed by atoms with Crippen molar-refractivity contribution < 1.29 is 9.85 Å². The largest absolute Gasteiger partial charge is 0.279 e. The maximum Gasteiger partial charge on any atom is 0.279 e. The third-order valence-electron chi connectivity index (χ3n) is 2.10. The minimum absolute atomic E-state index is 0.178. The van der Waals surface area contributed by atoms with Crippen LogP contribution < -0.4 is 0 Å². The van der Waals surface area contributed by atoms with Crippen molar-refractivity contribution in [2.24, 2.45) is 5.92 Å². The van der Waals surface area contributed by atoms with Gasteiger partial charge >= 0.3 is 0 Å². The van der Waals surface area contributed by atoms with Crippen LogP contribution in [-0.2, 0) is 6.42 Å². The highest BCUT2D eigenvalue weighted by atomic mass is 16.6. The fourth-order valence-corrected chi connectivity index (χ4v) is 1.45. The van der Waals surface area contributed by atoms with E-state index in [2.05, 4.69) is 0 Å². The Kier molecular flexibility index (Phi) is 3.55. The molecule has 0 aliphatic heterocycles. The zero-order valence-corrected chi connectivity index (χ0v) is 9.04. The number of non-ortho nitro benzene ring substituents is 1. The highest BCUT2D eigenvalue weighted by molar-refractivity contribution is 5.49. The topological polar surface area (TPSA) is 86.3 Å². The van der Waals surface area contributed by atoms with E-state index in [0.717, 1.165) is 6.07 Å². The first-order chi connectivity index (χ1) is 7.41. The fourth-order valence-electron chi connectivity index (χ4n) is 1.45. The predicted octanol–water partition coefficient (Wildman–Crippen LogP) is 2.70. The molecule has 0 heterocycles. The summed E-state index contributed by atoms with van der Waals surface area (Å²) in [5.41, 5.74) is 0.104. The molecule has 1 aromatic carbocycles. The van der Waals surface area contributed by atoms with Crippen molar-refractivity contribution >= 4 is 11.4 Å². The molecule has 16 heavy (non-hydrogen) atoms. The van der Waals surface area contributed by atoms with Gasteiger partial charge in [0, 0.05) is 11.6 Å². The average molecular weight is 224 g/mol. The minimum Gasteiger partial charge on any atom is -0.258 e. The zero-order valence-electron chi connectivity index (χ0n) is 9.04. The molecule has 0 aromatic heterocycles. The van der Waals surface area contributed by atoms with Crippen LogP contribution in [0.1, 0.15) is 19.4 Å². The summed E-state index contributed by atoms with van der Waals surface area (Å²) >= 11 is 0. The Labute approximate surface area is 92.2 Å². The third-order valence-corrected chi connectivity index (χ3v) is 2.10. The average Bonchev–Trinajstić information content (AvgIpc) is 2.16. The quantitative estimate of drug-likeness (QED) is 0.581. The van der Waals surface area contributed by atoms with Crippen LogP contribution in [0.2, 0.25) is 0 Å². The number of hydrogen-bond donors (Lipinski definition) is 0. The van der Waals surface area contributed by atoms with E-state index in [4.69, 9.17) is 0 Å². The molecule has 0 bridgehead atoms. The molecular weight excluding hydrogens is 212 g/mol. The Morgan fingerprint density at radius 3 is 2.25 bits per heavy atom. The number of nitro groups is 2. The molecule has 0 radical (unpaired) electrons. The van der Waals surface area contributed by atoms with E-state index in [-0.39, 0.29) is 17.3 Å². The molecule has 0 aliphatic rings. The number of rotatable bonds is 4. The molecule has 1 rings (SSSR count). The Hall–Kier alpha value is -1.98. The second-order valence-corrected chi connectivity index (χ2v) is 3.93. The zero-order chi connectivity index (χ0) is 12.3. The number of nitro benzene ring substituents is 2. The van der Waals surface area contributed by atoms with Crippen molar-refractivity contribution in [3.05, 3.63) is 44.0 Å². The van der Waals surface area contributed by atoms with Gasteiger partial charge in [0.25, 0.3) is 11.4 Å². The van der Waals surface area contributed by atoms with Crippen LogP contribution in [0.5, 0.6) is 0 Å². The van der Waals surface area contributed by atoms with Gasteiger partial charge in [-0.15, -0.1) is 0 Å². The van der Waals surface area contributed by atoms with Gasteiger partial charge in [-0.2, -0.15) is 0 Å². The Morgan fingerprint density at radius 2 is 1.81 bits per heavy atom. The summed E-state index contributed by atoms with van der Waals surface area (Å²) in [6.45, 7) is 3.87. The Morgan fingerprint density at radius 1 is 1.19 bits per heavy atom. The molecule has 0 aliphatic carbocycles. The van der Waals surface area contributed by atoms with Crippen LogP contribution >= 0.6 is 0 Å². The molecule has 1 aromatic rings. The van der Waals surface area contributed by atoms with Gasteiger partial charge < -0.3 is 0 Å². The van der Waals surface area contributed by atoms with E-state index >= 15 is 0 Å². The highest BCUT2D eigenvalue weighted by Crippen LogP contribution is 2.26. The summed E-state index contributed by atoms with van der Waals surface area (Å²) in [6.07, 6.45) is 0.536. The molecule has 86 valence electrons. The molecule has 0 unspecified atom stereocenters. The second kappa shape index (κ2) is 4.69. The van der Waals surface area contributed by atoms with Crippen molar-refractivity contribution in [1.82, 2.24) is 0 Å². The van der Waals surface area contributed by atoms with Gasteiger partial charge in [-0.3, -0.25) is 20.2 Å². The van der Waals surface area contributed by atoms with Crippen LogP contribution in [-0.4, -0.2) is 9.85 Å². The molecule has 6 heteroatoms. The van der Waals surface area contributed by atoms with Gasteiger partial charge in [0.1, 0.15) is 0 Å². The lowest BCUT2D eigenvalue weighted by molar-refractivity contribution is -0.394. The molecule has 0 saturated heterocycles. The standard InChI is InChI=1S/C10H12N2O4/c1-7(2)5-8-3-4-9(11(13)14)6-10(8)12(15)16/h3-4,6-7H,5H2,1-2H3. The van der Waals surface area contributed by atoms with Gasteiger partial charge in [-0.05, 0) is 18.4 Å². The van der Waals surface area contributed by atoms with Crippen LogP contribution in [0.4, 0.5) is 11.4 Å². The van der Waals surface area contributed by atoms with Gasteiger partial charge in [0.2, 0.25) is 0 Å². The van der Waals surface area contributed by atoms with Crippen LogP contribution in [0.15, 0.2) is 18.2 Å². The summed E-state index contributed by atoms with van der Waals surface area (Å²) in [5.74, 6) is 0.264. The third kappa shape index (κ3) is 2.75. The van der Waals surface area contributed by atoms with Gasteiger partial charge in [-0.25, -0.2) is 0 Å². The van der Waals surface area contributed by atoms with Crippen molar-refractivity contribution in [2.45, 2.75) is 20.3 Å². The van der Waals surface area contributed by atoms with Crippen LogP contribution in [0.25, 0.3) is 0 Å². The molecule has 0 N–H and O–H groups in total. The molecule has 0 atom stereocenters. The molecule has 0 saturated carbocycles. The normalized spacial score (nSPS) is 10.4. The van der Waals surface area contributed by atoms with Crippen molar-refractivity contribution in [3.63, 3.8) is 0 Å². The molecule has 6 nitrogen and oxygen atoms in total. The van der Waals surface area contributed by atoms with E-state index in [9.17, 15) is 20.2 Å². The Bertz CT molecular complexity index is 429. The predicted molar refractivity (Wildman–Crippen MR) is 58.3 cm³/mol. The molecule has 0 spiro atoms. The first-order valence-corrected chi connectivity index (χ1v) is 4.83. The summed E-state index contributed by atoms with van der Waals surface area (Å²) < 4.78 is 0. The summed E-state index contributed by atoms with van der Waals surface area (Å²) in [6, 6.07) is 3.76. The first kappa shape index (κ1) is 12.1. The Balaban J connectivity index is 3.19. The lowest BCUT2D eigenvalue weighted by atomic mass is 10.0. The van der Waals surface area contributed by atoms with E-state index in [1.54, 1.807) is 0 Å². The van der Waals surface area contributed by atoms with E-state index in [0.29, 0.717) is 12.0 Å². The fraction of sp³-hybridized carbons (Fsp3) is 0.400. The van der Waals surface area contributed by atoms with Crippen LogP contribution in [0, 0.1) is 26.1 Å². The number of hydrogen-bond acceptors (Lipinski definition) is 4. The highest BCUT2D eigenvalue weighted by Gasteiger charge is 2.19. The smallest absolute Gasteiger partial charge is 0.258 e. The van der Waals surface area contributed by atoms with Gasteiger partial charge in [0.05, 0.1) is 15.9 Å². The lowest BCUT2D eigenvalue weighted by Crippen LogP contribution is -2.01. The summed E-state index contributed by atoms with van der Waals surface area (Å²) in [4.78, 5) is 20.0. The summed E-state index contributed by atoms with van der Waals surface area (Å²) in [5, 5.41) is 21.3. The molecule has 0 fully saturated rings. The van der Waals surface area contributed by atoms with Gasteiger partial charge in [-0.1, -0.05) is 13.8 Å². The second-order valence-electron chi connectivity index (χ2n) is 3.93. The lowest BCUT2D eigenvalue weighted by Gasteiger charge is -2.05. The van der Waals surface area contributed by atoms with E-state index in [1.165, 1.54) is 12.1 Å². The number of benzene rings is 1. The van der Waals surface area contributed by atoms with Crippen molar-refractivity contribution in [3.8, 4) is 0 Å². The molecular formula is C10H12N2O4. The maximum absolute atomic E-state index is 10.8. The first-order valence-electron chi connectivity index (χ1n) is 4.83. The monoisotopic (exact) mass is 224 g/mol. The van der Waals surface area contributed by atoms with Gasteiger partial charge in [0.15, 0.2) is 0 Å². The van der Waals surface area contributed by atoms with Crippen LogP contribution in [0.3, 0.4) is 0 Å². The van der Waals surface area contributed by atoms with E-state index in [1.807, 2.05) is 13.8 Å². The summed E-state index contributed by atoms with van der Waals surface area (Å²) in [7, 11) is 0. The van der Waals surface area contributed by atoms with Crippen molar-refractivity contribution in [2.75, 3.05) is 0 Å². The molecule has 0 amide bonds. The minimum atomic E-state index is -0.633. The number of nitrogens with zero attached hydrogens (tertiary/aromatic N) is 2.